The summed E-state index contributed by atoms with van der Waals surface area (Å²) < 4.78 is 13.0. The molecule has 1 aliphatic rings. The molecule has 2 unspecified atom stereocenters. The topological polar surface area (TPSA) is 24.1 Å². The van der Waals surface area contributed by atoms with Gasteiger partial charge in [0.25, 0.3) is 0 Å². The van der Waals surface area contributed by atoms with E-state index in [4.69, 9.17) is 11.6 Å². The van der Waals surface area contributed by atoms with Crippen molar-refractivity contribution >= 4 is 17.3 Å². The minimum atomic E-state index is -0.373. The Morgan fingerprint density at radius 3 is 3.06 bits per heavy atom. The first-order valence-corrected chi connectivity index (χ1v) is 6.48. The highest BCUT2D eigenvalue weighted by atomic mass is 35.5. The number of halogens is 2. The zero-order chi connectivity index (χ0) is 12.3. The van der Waals surface area contributed by atoms with Crippen LogP contribution < -0.4 is 10.6 Å². The third-order valence-electron chi connectivity index (χ3n) is 3.13. The predicted molar refractivity (Wildman–Crippen MR) is 70.1 cm³/mol. The van der Waals surface area contributed by atoms with Crippen molar-refractivity contribution in [3.8, 4) is 0 Å². The van der Waals surface area contributed by atoms with Gasteiger partial charge in [-0.25, -0.2) is 4.39 Å². The smallest absolute Gasteiger partial charge is 0.141 e. The lowest BCUT2D eigenvalue weighted by Gasteiger charge is -2.19. The van der Waals surface area contributed by atoms with Gasteiger partial charge in [0, 0.05) is 17.8 Å². The first kappa shape index (κ1) is 12.7. The molecule has 0 spiro atoms. The van der Waals surface area contributed by atoms with Crippen LogP contribution in [0.3, 0.4) is 0 Å². The monoisotopic (exact) mass is 256 g/mol. The van der Waals surface area contributed by atoms with Gasteiger partial charge in [0.15, 0.2) is 0 Å². The second kappa shape index (κ2) is 5.69. The van der Waals surface area contributed by atoms with Gasteiger partial charge in [0.1, 0.15) is 5.82 Å². The molecule has 2 N–H and O–H groups in total. The van der Waals surface area contributed by atoms with E-state index < -0.39 is 0 Å². The normalized spacial score (nSPS) is 21.5. The number of hydrogen-bond acceptors (Lipinski definition) is 2. The summed E-state index contributed by atoms with van der Waals surface area (Å²) in [7, 11) is 0. The zero-order valence-corrected chi connectivity index (χ0v) is 10.7. The Labute approximate surface area is 107 Å². The molecule has 1 aromatic carbocycles. The predicted octanol–water partition coefficient (Wildman–Crippen LogP) is 3.42. The SMILES string of the molecule is CC(CC1CCCN1)Nc1ccc(F)c(Cl)c1. The van der Waals surface area contributed by atoms with Crippen molar-refractivity contribution in [3.63, 3.8) is 0 Å². The second-order valence-corrected chi connectivity index (χ2v) is 5.11. The quantitative estimate of drug-likeness (QED) is 0.863. The molecular weight excluding hydrogens is 239 g/mol. The molecule has 1 aliphatic heterocycles. The molecule has 1 saturated heterocycles. The molecule has 17 heavy (non-hydrogen) atoms. The van der Waals surface area contributed by atoms with Gasteiger partial charge in [-0.15, -0.1) is 0 Å². The van der Waals surface area contributed by atoms with E-state index in [0.717, 1.165) is 18.7 Å². The third-order valence-corrected chi connectivity index (χ3v) is 3.42. The summed E-state index contributed by atoms with van der Waals surface area (Å²) in [4.78, 5) is 0. The van der Waals surface area contributed by atoms with E-state index in [-0.39, 0.29) is 10.8 Å². The van der Waals surface area contributed by atoms with Crippen LogP contribution >= 0.6 is 11.6 Å². The van der Waals surface area contributed by atoms with Gasteiger partial charge in [-0.1, -0.05) is 11.6 Å². The molecule has 0 radical (unpaired) electrons. The van der Waals surface area contributed by atoms with Crippen LogP contribution in [0.15, 0.2) is 18.2 Å². The lowest BCUT2D eigenvalue weighted by Crippen LogP contribution is -2.29. The minimum Gasteiger partial charge on any atom is -0.382 e. The molecule has 2 rings (SSSR count). The van der Waals surface area contributed by atoms with E-state index in [2.05, 4.69) is 17.6 Å². The van der Waals surface area contributed by atoms with E-state index >= 15 is 0 Å². The van der Waals surface area contributed by atoms with Crippen LogP contribution in [0.1, 0.15) is 26.2 Å². The van der Waals surface area contributed by atoms with Gasteiger partial charge in [0.2, 0.25) is 0 Å². The summed E-state index contributed by atoms with van der Waals surface area (Å²) in [5.41, 5.74) is 0.877. The van der Waals surface area contributed by atoms with Gasteiger partial charge < -0.3 is 10.6 Å². The number of rotatable bonds is 4. The molecule has 0 aliphatic carbocycles. The summed E-state index contributed by atoms with van der Waals surface area (Å²) in [6.45, 7) is 3.26. The fourth-order valence-electron chi connectivity index (χ4n) is 2.31. The average molecular weight is 257 g/mol. The van der Waals surface area contributed by atoms with E-state index in [1.54, 1.807) is 12.1 Å². The molecule has 1 aromatic rings. The largest absolute Gasteiger partial charge is 0.382 e. The molecule has 2 atom stereocenters. The molecule has 2 nitrogen and oxygen atoms in total. The van der Waals surface area contributed by atoms with Gasteiger partial charge in [-0.2, -0.15) is 0 Å². The van der Waals surface area contributed by atoms with Crippen LogP contribution in [-0.2, 0) is 0 Å². The fourth-order valence-corrected chi connectivity index (χ4v) is 2.49. The van der Waals surface area contributed by atoms with Crippen LogP contribution in [0.25, 0.3) is 0 Å². The summed E-state index contributed by atoms with van der Waals surface area (Å²) >= 11 is 5.74. The van der Waals surface area contributed by atoms with Crippen molar-refractivity contribution < 1.29 is 4.39 Å². The molecule has 1 heterocycles. The van der Waals surface area contributed by atoms with Gasteiger partial charge in [-0.3, -0.25) is 0 Å². The second-order valence-electron chi connectivity index (χ2n) is 4.70. The Morgan fingerprint density at radius 2 is 2.41 bits per heavy atom. The molecule has 1 fully saturated rings. The average Bonchev–Trinajstić information content (AvgIpc) is 2.76. The van der Waals surface area contributed by atoms with Crippen molar-refractivity contribution in [2.45, 2.75) is 38.3 Å². The lowest BCUT2D eigenvalue weighted by atomic mass is 10.1. The summed E-state index contributed by atoms with van der Waals surface area (Å²) in [6.07, 6.45) is 3.59. The zero-order valence-electron chi connectivity index (χ0n) is 9.97. The molecule has 0 saturated carbocycles. The van der Waals surface area contributed by atoms with Crippen molar-refractivity contribution in [1.82, 2.24) is 5.32 Å². The van der Waals surface area contributed by atoms with Crippen molar-refractivity contribution in [2.24, 2.45) is 0 Å². The fraction of sp³-hybridized carbons (Fsp3) is 0.538. The number of benzene rings is 1. The van der Waals surface area contributed by atoms with Gasteiger partial charge >= 0.3 is 0 Å². The van der Waals surface area contributed by atoms with Crippen LogP contribution in [0.4, 0.5) is 10.1 Å². The van der Waals surface area contributed by atoms with Gasteiger partial charge in [-0.05, 0) is 50.9 Å². The highest BCUT2D eigenvalue weighted by molar-refractivity contribution is 6.31. The summed E-state index contributed by atoms with van der Waals surface area (Å²) in [6, 6.07) is 5.71. The van der Waals surface area contributed by atoms with Crippen LogP contribution in [0.2, 0.25) is 5.02 Å². The number of anilines is 1. The highest BCUT2D eigenvalue weighted by Crippen LogP contribution is 2.21. The first-order valence-electron chi connectivity index (χ1n) is 6.10. The lowest BCUT2D eigenvalue weighted by molar-refractivity contribution is 0.523. The maximum atomic E-state index is 13.0. The van der Waals surface area contributed by atoms with Crippen LogP contribution in [0.5, 0.6) is 0 Å². The van der Waals surface area contributed by atoms with E-state index in [1.165, 1.54) is 18.9 Å². The standard InChI is InChI=1S/C13H18ClFN2/c1-9(7-10-3-2-6-16-10)17-11-4-5-13(15)12(14)8-11/h4-5,8-10,16-17H,2-3,6-7H2,1H3. The highest BCUT2D eigenvalue weighted by Gasteiger charge is 2.16. The number of hydrogen-bond donors (Lipinski definition) is 2. The Hall–Kier alpha value is -0.800. The number of nitrogens with one attached hydrogen (secondary N) is 2. The third kappa shape index (κ3) is 3.58. The Kier molecular flexibility index (Phi) is 4.24. The van der Waals surface area contributed by atoms with E-state index in [0.29, 0.717) is 12.1 Å². The van der Waals surface area contributed by atoms with Gasteiger partial charge in [0.05, 0.1) is 5.02 Å². The van der Waals surface area contributed by atoms with Crippen LogP contribution in [0, 0.1) is 5.82 Å². The van der Waals surface area contributed by atoms with Crippen LogP contribution in [-0.4, -0.2) is 18.6 Å². The molecule has 94 valence electrons. The first-order chi connectivity index (χ1) is 8.15. The molecule has 4 heteroatoms. The maximum absolute atomic E-state index is 13.0. The molecule has 0 bridgehead atoms. The molecular formula is C13H18ClFN2. The Bertz CT molecular complexity index is 378. The van der Waals surface area contributed by atoms with E-state index in [1.807, 2.05) is 0 Å². The van der Waals surface area contributed by atoms with E-state index in [9.17, 15) is 4.39 Å². The minimum absolute atomic E-state index is 0.168. The van der Waals surface area contributed by atoms with Crippen molar-refractivity contribution in [3.05, 3.63) is 29.0 Å². The summed E-state index contributed by atoms with van der Waals surface area (Å²) in [5, 5.41) is 6.98. The Balaban J connectivity index is 1.88. The Morgan fingerprint density at radius 1 is 1.59 bits per heavy atom. The summed E-state index contributed by atoms with van der Waals surface area (Å²) in [5.74, 6) is -0.373. The van der Waals surface area contributed by atoms with Crippen molar-refractivity contribution in [2.75, 3.05) is 11.9 Å². The molecule has 0 aromatic heterocycles. The van der Waals surface area contributed by atoms with Crippen molar-refractivity contribution in [1.29, 1.82) is 0 Å². The molecule has 0 amide bonds. The maximum Gasteiger partial charge on any atom is 0.141 e.